The fourth-order valence-electron chi connectivity index (χ4n) is 2.62. The molecule has 0 spiro atoms. The Morgan fingerprint density at radius 3 is 2.56 bits per heavy atom. The Labute approximate surface area is 151 Å². The van der Waals surface area contributed by atoms with Crippen molar-refractivity contribution in [2.24, 2.45) is 10.7 Å². The van der Waals surface area contributed by atoms with E-state index in [0.29, 0.717) is 29.5 Å². The molecule has 0 aliphatic carbocycles. The Kier molecular flexibility index (Phi) is 6.80. The van der Waals surface area contributed by atoms with Gasteiger partial charge in [-0.1, -0.05) is 25.1 Å². The molecule has 2 rings (SSSR count). The highest BCUT2D eigenvalue weighted by Crippen LogP contribution is 2.22. The van der Waals surface area contributed by atoms with Crippen LogP contribution >= 0.6 is 0 Å². The minimum atomic E-state index is -3.52. The van der Waals surface area contributed by atoms with Gasteiger partial charge in [0, 0.05) is 32.2 Å². The van der Waals surface area contributed by atoms with E-state index in [1.807, 2.05) is 20.0 Å². The topological polar surface area (TPSA) is 91.0 Å². The SMILES string of the molecule is CCC(C)NC(N)=NCc1ccccc1S(=O)(=O)N1CCN(C)CC1. The molecule has 1 unspecified atom stereocenters. The summed E-state index contributed by atoms with van der Waals surface area (Å²) in [6.07, 6.45) is 0.935. The lowest BCUT2D eigenvalue weighted by atomic mass is 10.2. The number of likely N-dealkylation sites (N-methyl/N-ethyl adjacent to an activating group) is 1. The van der Waals surface area contributed by atoms with Crippen molar-refractivity contribution in [2.75, 3.05) is 33.2 Å². The molecule has 1 aliphatic rings. The first-order valence-corrected chi connectivity index (χ1v) is 10.1. The van der Waals surface area contributed by atoms with Gasteiger partial charge >= 0.3 is 0 Å². The van der Waals surface area contributed by atoms with Crippen LogP contribution in [0.4, 0.5) is 0 Å². The molecule has 1 aliphatic heterocycles. The molecule has 8 heteroatoms. The smallest absolute Gasteiger partial charge is 0.243 e. The Balaban J connectivity index is 2.18. The number of sulfonamides is 1. The van der Waals surface area contributed by atoms with Crippen LogP contribution in [0.1, 0.15) is 25.8 Å². The molecule has 1 fully saturated rings. The molecule has 25 heavy (non-hydrogen) atoms. The third-order valence-corrected chi connectivity index (χ3v) is 6.48. The van der Waals surface area contributed by atoms with Gasteiger partial charge in [0.15, 0.2) is 5.96 Å². The van der Waals surface area contributed by atoms with Gasteiger partial charge in [0.05, 0.1) is 11.4 Å². The minimum Gasteiger partial charge on any atom is -0.370 e. The second-order valence-electron chi connectivity index (χ2n) is 6.47. The van der Waals surface area contributed by atoms with Gasteiger partial charge in [-0.05, 0) is 32.0 Å². The number of benzene rings is 1. The molecule has 1 aromatic carbocycles. The van der Waals surface area contributed by atoms with Gasteiger partial charge in [-0.15, -0.1) is 0 Å². The molecule has 0 amide bonds. The first kappa shape index (κ1) is 19.7. The minimum absolute atomic E-state index is 0.230. The highest BCUT2D eigenvalue weighted by molar-refractivity contribution is 7.89. The van der Waals surface area contributed by atoms with Crippen LogP contribution in [0.25, 0.3) is 0 Å². The van der Waals surface area contributed by atoms with Crippen molar-refractivity contribution < 1.29 is 8.42 Å². The van der Waals surface area contributed by atoms with E-state index >= 15 is 0 Å². The highest BCUT2D eigenvalue weighted by atomic mass is 32.2. The second-order valence-corrected chi connectivity index (χ2v) is 8.38. The van der Waals surface area contributed by atoms with Crippen molar-refractivity contribution in [1.29, 1.82) is 0 Å². The van der Waals surface area contributed by atoms with Gasteiger partial charge in [0.25, 0.3) is 0 Å². The largest absolute Gasteiger partial charge is 0.370 e. The normalized spacial score (nSPS) is 18.9. The second kappa shape index (κ2) is 8.64. The summed E-state index contributed by atoms with van der Waals surface area (Å²) in [6, 6.07) is 7.25. The molecular weight excluding hydrogens is 338 g/mol. The van der Waals surface area contributed by atoms with Crippen LogP contribution < -0.4 is 11.1 Å². The molecule has 0 saturated carbocycles. The summed E-state index contributed by atoms with van der Waals surface area (Å²) in [5, 5.41) is 3.09. The first-order valence-electron chi connectivity index (χ1n) is 8.67. The lowest BCUT2D eigenvalue weighted by Crippen LogP contribution is -2.47. The van der Waals surface area contributed by atoms with Crippen molar-refractivity contribution in [3.8, 4) is 0 Å². The van der Waals surface area contributed by atoms with E-state index in [1.54, 1.807) is 22.5 Å². The predicted molar refractivity (Wildman–Crippen MR) is 101 cm³/mol. The Hall–Kier alpha value is -1.64. The number of aliphatic imine (C=N–C) groups is 1. The summed E-state index contributed by atoms with van der Waals surface area (Å²) in [7, 11) is -1.52. The van der Waals surface area contributed by atoms with Crippen molar-refractivity contribution in [2.45, 2.75) is 37.8 Å². The van der Waals surface area contributed by atoms with Gasteiger partial charge in [0.1, 0.15) is 0 Å². The van der Waals surface area contributed by atoms with Gasteiger partial charge in [-0.3, -0.25) is 0 Å². The molecule has 1 saturated heterocycles. The fourth-order valence-corrected chi connectivity index (χ4v) is 4.26. The Morgan fingerprint density at radius 1 is 1.28 bits per heavy atom. The maximum absolute atomic E-state index is 13.0. The predicted octanol–water partition coefficient (Wildman–Crippen LogP) is 0.826. The summed E-state index contributed by atoms with van der Waals surface area (Å²) >= 11 is 0. The highest BCUT2D eigenvalue weighted by Gasteiger charge is 2.29. The third-order valence-electron chi connectivity index (χ3n) is 4.48. The number of piperazine rings is 1. The molecule has 1 atom stereocenters. The van der Waals surface area contributed by atoms with E-state index in [0.717, 1.165) is 19.5 Å². The molecule has 140 valence electrons. The van der Waals surface area contributed by atoms with Crippen LogP contribution in [0.3, 0.4) is 0 Å². The Bertz CT molecular complexity index is 697. The molecule has 0 aromatic heterocycles. The summed E-state index contributed by atoms with van der Waals surface area (Å²) in [6.45, 7) is 6.81. The van der Waals surface area contributed by atoms with Crippen LogP contribution in [0.5, 0.6) is 0 Å². The molecule has 0 bridgehead atoms. The van der Waals surface area contributed by atoms with Crippen LogP contribution in [0.15, 0.2) is 34.2 Å². The van der Waals surface area contributed by atoms with E-state index in [4.69, 9.17) is 5.73 Å². The molecule has 1 aromatic rings. The number of guanidine groups is 1. The Morgan fingerprint density at radius 2 is 1.92 bits per heavy atom. The lowest BCUT2D eigenvalue weighted by molar-refractivity contribution is 0.222. The number of hydrogen-bond donors (Lipinski definition) is 2. The summed E-state index contributed by atoms with van der Waals surface area (Å²) in [5.41, 5.74) is 6.55. The third kappa shape index (κ3) is 5.17. The van der Waals surface area contributed by atoms with Crippen molar-refractivity contribution >= 4 is 16.0 Å². The van der Waals surface area contributed by atoms with Gasteiger partial charge < -0.3 is 16.0 Å². The summed E-state index contributed by atoms with van der Waals surface area (Å²) in [5.74, 6) is 0.334. The average Bonchev–Trinajstić information content (AvgIpc) is 2.60. The molecular formula is C17H29N5O2S. The van der Waals surface area contributed by atoms with E-state index < -0.39 is 10.0 Å². The maximum Gasteiger partial charge on any atom is 0.243 e. The van der Waals surface area contributed by atoms with E-state index in [-0.39, 0.29) is 12.6 Å². The zero-order valence-corrected chi connectivity index (χ0v) is 16.1. The standard InChI is InChI=1S/C17H29N5O2S/c1-4-14(2)20-17(18)19-13-15-7-5-6-8-16(15)25(23,24)22-11-9-21(3)10-12-22/h5-8,14H,4,9-13H2,1-3H3,(H3,18,19,20). The number of rotatable bonds is 6. The average molecular weight is 368 g/mol. The van der Waals surface area contributed by atoms with Gasteiger partial charge in [0.2, 0.25) is 10.0 Å². The summed E-state index contributed by atoms with van der Waals surface area (Å²) < 4.78 is 27.5. The number of hydrogen-bond acceptors (Lipinski definition) is 4. The monoisotopic (exact) mass is 367 g/mol. The van der Waals surface area contributed by atoms with Crippen LogP contribution in [0, 0.1) is 0 Å². The van der Waals surface area contributed by atoms with Crippen LogP contribution in [0.2, 0.25) is 0 Å². The zero-order valence-electron chi connectivity index (χ0n) is 15.3. The molecule has 3 N–H and O–H groups in total. The van der Waals surface area contributed by atoms with Crippen molar-refractivity contribution in [3.63, 3.8) is 0 Å². The van der Waals surface area contributed by atoms with Crippen molar-refractivity contribution in [3.05, 3.63) is 29.8 Å². The number of nitrogens with one attached hydrogen (secondary N) is 1. The fraction of sp³-hybridized carbons (Fsp3) is 0.588. The number of nitrogens with zero attached hydrogens (tertiary/aromatic N) is 3. The van der Waals surface area contributed by atoms with Crippen LogP contribution in [-0.2, 0) is 16.6 Å². The van der Waals surface area contributed by atoms with Gasteiger partial charge in [-0.25, -0.2) is 13.4 Å². The maximum atomic E-state index is 13.0. The molecule has 1 heterocycles. The first-order chi connectivity index (χ1) is 11.8. The zero-order chi connectivity index (χ0) is 18.4. The van der Waals surface area contributed by atoms with E-state index in [1.165, 1.54) is 0 Å². The van der Waals surface area contributed by atoms with Gasteiger partial charge in [-0.2, -0.15) is 4.31 Å². The van der Waals surface area contributed by atoms with Crippen LogP contribution in [-0.4, -0.2) is 62.9 Å². The quantitative estimate of drug-likeness (QED) is 0.574. The molecule has 0 radical (unpaired) electrons. The number of nitrogens with two attached hydrogens (primary N) is 1. The summed E-state index contributed by atoms with van der Waals surface area (Å²) in [4.78, 5) is 6.75. The van der Waals surface area contributed by atoms with E-state index in [9.17, 15) is 8.42 Å². The lowest BCUT2D eigenvalue weighted by Gasteiger charge is -2.32. The van der Waals surface area contributed by atoms with E-state index in [2.05, 4.69) is 22.1 Å². The molecule has 7 nitrogen and oxygen atoms in total. The van der Waals surface area contributed by atoms with Crippen molar-refractivity contribution in [1.82, 2.24) is 14.5 Å².